The van der Waals surface area contributed by atoms with Gasteiger partial charge in [0.1, 0.15) is 0 Å². The molecular weight excluding hydrogens is 589 g/mol. The standard InChI is InChI=1S/C28H57O7Si5/c1-11-28(21-31-22-28)20-30-16-13-17-39(9,34-38(7,8)33-37(4,5)6)35-40(10,32-36(3)29-2)27-19-23-18-26(27)25-15-12-14-24(23)25/h12,15,23-27H,11,13-14,16-22H2,1-10H3. The van der Waals surface area contributed by atoms with Crippen LogP contribution in [0.4, 0.5) is 0 Å². The van der Waals surface area contributed by atoms with Crippen LogP contribution in [0.5, 0.6) is 0 Å². The maximum absolute atomic E-state index is 7.48. The van der Waals surface area contributed by atoms with Crippen molar-refractivity contribution < 1.29 is 30.4 Å². The number of allylic oxidation sites excluding steroid dienone is 2. The summed E-state index contributed by atoms with van der Waals surface area (Å²) in [6.45, 7) is 23.2. The number of hydrogen-bond acceptors (Lipinski definition) is 7. The third-order valence-electron chi connectivity index (χ3n) is 9.64. The minimum absolute atomic E-state index is 0.209. The van der Waals surface area contributed by atoms with Gasteiger partial charge in [-0.15, -0.1) is 0 Å². The highest BCUT2D eigenvalue weighted by Gasteiger charge is 2.62. The van der Waals surface area contributed by atoms with E-state index in [-0.39, 0.29) is 5.41 Å². The summed E-state index contributed by atoms with van der Waals surface area (Å²) in [5.41, 5.74) is 0.690. The predicted octanol–water partition coefficient (Wildman–Crippen LogP) is 6.93. The summed E-state index contributed by atoms with van der Waals surface area (Å²) in [6, 6.07) is 0.881. The first-order chi connectivity index (χ1) is 18.6. The molecule has 40 heavy (non-hydrogen) atoms. The van der Waals surface area contributed by atoms with Gasteiger partial charge in [0.2, 0.25) is 0 Å². The van der Waals surface area contributed by atoms with Crippen LogP contribution in [-0.2, 0) is 30.4 Å². The van der Waals surface area contributed by atoms with Crippen LogP contribution < -0.4 is 0 Å². The molecule has 1 aliphatic heterocycles. The van der Waals surface area contributed by atoms with Gasteiger partial charge in [0.25, 0.3) is 0 Å². The fourth-order valence-corrected chi connectivity index (χ4v) is 30.5. The largest absolute Gasteiger partial charge is 0.437 e. The molecule has 2 bridgehead atoms. The molecule has 7 nitrogen and oxygen atoms in total. The third kappa shape index (κ3) is 7.97. The Morgan fingerprint density at radius 1 is 0.975 bits per heavy atom. The Morgan fingerprint density at radius 2 is 1.70 bits per heavy atom. The molecule has 4 rings (SSSR count). The monoisotopic (exact) mass is 645 g/mol. The van der Waals surface area contributed by atoms with Gasteiger partial charge in [-0.25, -0.2) is 0 Å². The molecule has 1 radical (unpaired) electrons. The van der Waals surface area contributed by atoms with Gasteiger partial charge in [0, 0.05) is 24.7 Å². The summed E-state index contributed by atoms with van der Waals surface area (Å²) >= 11 is 0. The number of rotatable bonds is 17. The summed E-state index contributed by atoms with van der Waals surface area (Å²) in [7, 11) is -9.20. The zero-order chi connectivity index (χ0) is 29.4. The lowest BCUT2D eigenvalue weighted by Gasteiger charge is -2.47. The molecule has 0 aromatic carbocycles. The quantitative estimate of drug-likeness (QED) is 0.0965. The average molecular weight is 646 g/mol. The second kappa shape index (κ2) is 12.9. The fraction of sp³-hybridized carbons (Fsp3) is 0.929. The lowest BCUT2D eigenvalue weighted by Crippen LogP contribution is -2.61. The average Bonchev–Trinajstić information content (AvgIpc) is 3.52. The van der Waals surface area contributed by atoms with Crippen LogP contribution in [0.15, 0.2) is 12.2 Å². The van der Waals surface area contributed by atoms with Crippen LogP contribution in [0.1, 0.15) is 39.0 Å². The molecule has 1 heterocycles. The van der Waals surface area contributed by atoms with E-state index in [0.29, 0.717) is 17.4 Å². The lowest BCUT2D eigenvalue weighted by molar-refractivity contribution is -0.150. The summed E-state index contributed by atoms with van der Waals surface area (Å²) in [4.78, 5) is 0. The second-order valence-electron chi connectivity index (χ2n) is 14.7. The first-order valence-corrected chi connectivity index (χ1v) is 28.6. The molecule has 7 atom stereocenters. The molecule has 12 heteroatoms. The van der Waals surface area contributed by atoms with E-state index in [4.69, 9.17) is 30.4 Å². The van der Waals surface area contributed by atoms with Crippen molar-refractivity contribution in [2.75, 3.05) is 33.5 Å². The summed E-state index contributed by atoms with van der Waals surface area (Å²) in [5.74, 6) is 3.00. The van der Waals surface area contributed by atoms with E-state index < -0.39 is 43.3 Å². The van der Waals surface area contributed by atoms with Crippen molar-refractivity contribution in [3.8, 4) is 0 Å². The Balaban J connectivity index is 1.51. The van der Waals surface area contributed by atoms with Crippen LogP contribution in [0.2, 0.25) is 64.0 Å². The highest BCUT2D eigenvalue weighted by molar-refractivity contribution is 6.89. The van der Waals surface area contributed by atoms with Crippen molar-refractivity contribution >= 4 is 43.3 Å². The summed E-state index contributed by atoms with van der Waals surface area (Å²) in [6.07, 6.45) is 10.8. The van der Waals surface area contributed by atoms with Crippen molar-refractivity contribution in [1.82, 2.24) is 0 Å². The molecule has 231 valence electrons. The van der Waals surface area contributed by atoms with Gasteiger partial charge >= 0.3 is 35.0 Å². The maximum Gasteiger partial charge on any atom is 0.371 e. The Bertz CT molecular complexity index is 876. The van der Waals surface area contributed by atoms with Crippen LogP contribution in [-0.4, -0.2) is 76.8 Å². The zero-order valence-electron chi connectivity index (χ0n) is 27.0. The molecule has 0 amide bonds. The summed E-state index contributed by atoms with van der Waals surface area (Å²) in [5, 5.41) is 0. The molecule has 1 saturated heterocycles. The van der Waals surface area contributed by atoms with Crippen molar-refractivity contribution in [2.24, 2.45) is 29.1 Å². The van der Waals surface area contributed by atoms with Crippen LogP contribution >= 0.6 is 0 Å². The van der Waals surface area contributed by atoms with E-state index in [9.17, 15) is 0 Å². The van der Waals surface area contributed by atoms with E-state index in [2.05, 4.69) is 71.5 Å². The highest BCUT2D eigenvalue weighted by Crippen LogP contribution is 2.64. The highest BCUT2D eigenvalue weighted by atomic mass is 28.5. The van der Waals surface area contributed by atoms with E-state index >= 15 is 0 Å². The van der Waals surface area contributed by atoms with Gasteiger partial charge < -0.3 is 30.4 Å². The summed E-state index contributed by atoms with van der Waals surface area (Å²) < 4.78 is 45.8. The van der Waals surface area contributed by atoms with Gasteiger partial charge in [-0.05, 0) is 114 Å². The topological polar surface area (TPSA) is 64.6 Å². The lowest BCUT2D eigenvalue weighted by atomic mass is 9.81. The van der Waals surface area contributed by atoms with Crippen molar-refractivity contribution in [3.05, 3.63) is 12.2 Å². The Labute approximate surface area is 250 Å². The predicted molar refractivity (Wildman–Crippen MR) is 172 cm³/mol. The number of ether oxygens (including phenoxy) is 2. The smallest absolute Gasteiger partial charge is 0.371 e. The Hall–Kier alpha value is 0.544. The Kier molecular flexibility index (Phi) is 10.8. The first-order valence-electron chi connectivity index (χ1n) is 15.6. The first kappa shape index (κ1) is 33.4. The maximum atomic E-state index is 7.48. The fourth-order valence-electron chi connectivity index (χ4n) is 8.04. The van der Waals surface area contributed by atoms with Crippen molar-refractivity contribution in [1.29, 1.82) is 0 Å². The molecule has 0 spiro atoms. The van der Waals surface area contributed by atoms with Gasteiger partial charge in [-0.1, -0.05) is 19.1 Å². The third-order valence-corrected chi connectivity index (χ3v) is 27.7. The van der Waals surface area contributed by atoms with Gasteiger partial charge in [0.05, 0.1) is 19.8 Å². The van der Waals surface area contributed by atoms with Gasteiger partial charge in [0.15, 0.2) is 8.32 Å². The van der Waals surface area contributed by atoms with E-state index in [1.807, 2.05) is 0 Å². The normalized spacial score (nSPS) is 32.2. The van der Waals surface area contributed by atoms with Gasteiger partial charge in [-0.3, -0.25) is 0 Å². The molecule has 0 aromatic rings. The Morgan fingerprint density at radius 3 is 2.30 bits per heavy atom. The second-order valence-corrected chi connectivity index (χ2v) is 31.9. The van der Waals surface area contributed by atoms with Gasteiger partial charge in [-0.2, -0.15) is 0 Å². The minimum atomic E-state index is -2.69. The zero-order valence-corrected chi connectivity index (χ0v) is 32.0. The van der Waals surface area contributed by atoms with Crippen LogP contribution in [0.3, 0.4) is 0 Å². The molecule has 2 saturated carbocycles. The van der Waals surface area contributed by atoms with E-state index in [0.717, 1.165) is 57.1 Å². The molecule has 4 aliphatic rings. The van der Waals surface area contributed by atoms with Crippen LogP contribution in [0.25, 0.3) is 0 Å². The van der Waals surface area contributed by atoms with Crippen LogP contribution in [0, 0.1) is 29.1 Å². The molecule has 7 unspecified atom stereocenters. The number of hydrogen-bond donors (Lipinski definition) is 0. The molecule has 0 aromatic heterocycles. The van der Waals surface area contributed by atoms with Crippen molar-refractivity contribution in [2.45, 2.75) is 103 Å². The van der Waals surface area contributed by atoms with E-state index in [1.54, 1.807) is 7.11 Å². The molecule has 3 aliphatic carbocycles. The minimum Gasteiger partial charge on any atom is -0.437 e. The van der Waals surface area contributed by atoms with Crippen molar-refractivity contribution in [3.63, 3.8) is 0 Å². The molecule has 3 fully saturated rings. The van der Waals surface area contributed by atoms with E-state index in [1.165, 1.54) is 19.3 Å². The molecule has 0 N–H and O–H groups in total. The number of fused-ring (bicyclic) bond motifs is 5. The molecular formula is C28H57O7Si5. The SMILES string of the molecule is CCC1(COCCC[Si](C)(O[Si](C)(C)O[Si](C)(C)C)O[Si](C)(O[Si](C)OC)C2CC3CC2C2C=CCC32)COC1.